The lowest BCUT2D eigenvalue weighted by atomic mass is 10.0. The van der Waals surface area contributed by atoms with E-state index in [2.05, 4.69) is 10.3 Å². The minimum Gasteiger partial charge on any atom is -0.459 e. The Hall–Kier alpha value is -3.40. The minimum absolute atomic E-state index is 0.188. The summed E-state index contributed by atoms with van der Waals surface area (Å²) in [6.45, 7) is 1.89. The van der Waals surface area contributed by atoms with Crippen LogP contribution in [0.4, 0.5) is 0 Å². The molecule has 4 rings (SSSR count). The number of pyridine rings is 1. The van der Waals surface area contributed by atoms with Gasteiger partial charge in [-0.2, -0.15) is 0 Å². The normalized spacial score (nSPS) is 12.0. The number of hydrogen-bond acceptors (Lipinski definition) is 3. The van der Waals surface area contributed by atoms with E-state index < -0.39 is 0 Å². The molecule has 128 valence electrons. The molecule has 0 aliphatic carbocycles. The Kier molecular flexibility index (Phi) is 4.23. The maximum absolute atomic E-state index is 12.7. The van der Waals surface area contributed by atoms with E-state index in [0.29, 0.717) is 11.3 Å². The van der Waals surface area contributed by atoms with Crippen LogP contribution in [0.15, 0.2) is 83.4 Å². The number of fused-ring (bicyclic) bond motifs is 1. The molecule has 1 N–H and O–H groups in total. The maximum Gasteiger partial charge on any atom is 0.253 e. The van der Waals surface area contributed by atoms with Crippen LogP contribution in [0, 0.1) is 6.92 Å². The molecule has 0 saturated heterocycles. The number of furan rings is 1. The Morgan fingerprint density at radius 1 is 1.00 bits per heavy atom. The third-order valence-electron chi connectivity index (χ3n) is 4.31. The average molecular weight is 342 g/mol. The fraction of sp³-hybridized carbons (Fsp3) is 0.0909. The van der Waals surface area contributed by atoms with Crippen molar-refractivity contribution in [1.29, 1.82) is 0 Å². The van der Waals surface area contributed by atoms with Gasteiger partial charge in [0.05, 0.1) is 5.56 Å². The Balaban J connectivity index is 1.71. The molecule has 0 radical (unpaired) electrons. The van der Waals surface area contributed by atoms with Crippen LogP contribution in [0.1, 0.15) is 33.4 Å². The number of aryl methyl sites for hydroxylation is 1. The number of carbonyl (C=O) groups is 1. The van der Waals surface area contributed by atoms with E-state index in [4.69, 9.17) is 4.42 Å². The van der Waals surface area contributed by atoms with Crippen molar-refractivity contribution in [2.45, 2.75) is 13.0 Å². The first kappa shape index (κ1) is 16.1. The molecule has 0 spiro atoms. The van der Waals surface area contributed by atoms with E-state index in [0.717, 1.165) is 22.2 Å². The summed E-state index contributed by atoms with van der Waals surface area (Å²) in [6.07, 6.45) is 1.59. The van der Waals surface area contributed by atoms with Gasteiger partial charge in [-0.25, -0.2) is 0 Å². The Labute approximate surface area is 151 Å². The monoisotopic (exact) mass is 342 g/mol. The van der Waals surface area contributed by atoms with E-state index in [1.54, 1.807) is 12.3 Å². The van der Waals surface area contributed by atoms with Crippen molar-refractivity contribution >= 4 is 16.9 Å². The van der Waals surface area contributed by atoms with Crippen molar-refractivity contribution in [1.82, 2.24) is 10.3 Å². The topological polar surface area (TPSA) is 55.1 Å². The Morgan fingerprint density at radius 2 is 1.77 bits per heavy atom. The molecule has 0 bridgehead atoms. The van der Waals surface area contributed by atoms with E-state index >= 15 is 0 Å². The standard InChI is InChI=1S/C22H18N2O2/c1-15-11-12-18(14-23-15)22(25)24-21(16-7-3-2-4-8-16)20-13-17-9-5-6-10-19(17)26-20/h2-14,21H,1H3,(H,24,25)/t21-/m1/s1. The molecule has 2 heterocycles. The number of rotatable bonds is 4. The molecule has 1 amide bonds. The van der Waals surface area contributed by atoms with Gasteiger partial charge in [0.1, 0.15) is 17.4 Å². The first-order chi connectivity index (χ1) is 12.7. The zero-order valence-corrected chi connectivity index (χ0v) is 14.3. The molecule has 4 nitrogen and oxygen atoms in total. The second-order valence-electron chi connectivity index (χ2n) is 6.19. The van der Waals surface area contributed by atoms with Crippen molar-refractivity contribution in [3.05, 3.63) is 102 Å². The van der Waals surface area contributed by atoms with Crippen molar-refractivity contribution < 1.29 is 9.21 Å². The predicted molar refractivity (Wildman–Crippen MR) is 101 cm³/mol. The van der Waals surface area contributed by atoms with Gasteiger partial charge < -0.3 is 9.73 Å². The first-order valence-electron chi connectivity index (χ1n) is 8.47. The summed E-state index contributed by atoms with van der Waals surface area (Å²) < 4.78 is 6.01. The molecule has 0 unspecified atom stereocenters. The number of amides is 1. The summed E-state index contributed by atoms with van der Waals surface area (Å²) >= 11 is 0. The molecule has 26 heavy (non-hydrogen) atoms. The van der Waals surface area contributed by atoms with Crippen molar-refractivity contribution in [2.24, 2.45) is 0 Å². The molecular weight excluding hydrogens is 324 g/mol. The second-order valence-corrected chi connectivity index (χ2v) is 6.19. The highest BCUT2D eigenvalue weighted by atomic mass is 16.3. The van der Waals surface area contributed by atoms with Crippen LogP contribution in [-0.4, -0.2) is 10.9 Å². The molecule has 4 heteroatoms. The van der Waals surface area contributed by atoms with Crippen LogP contribution < -0.4 is 5.32 Å². The number of nitrogens with one attached hydrogen (secondary N) is 1. The third kappa shape index (κ3) is 3.22. The number of para-hydroxylation sites is 1. The third-order valence-corrected chi connectivity index (χ3v) is 4.31. The van der Waals surface area contributed by atoms with Gasteiger partial charge in [0.25, 0.3) is 5.91 Å². The number of benzene rings is 2. The predicted octanol–water partition coefficient (Wildman–Crippen LogP) is 4.66. The van der Waals surface area contributed by atoms with Crippen molar-refractivity contribution in [3.8, 4) is 0 Å². The Bertz CT molecular complexity index is 1000. The smallest absolute Gasteiger partial charge is 0.253 e. The molecule has 0 fully saturated rings. The number of hydrogen-bond donors (Lipinski definition) is 1. The lowest BCUT2D eigenvalue weighted by Crippen LogP contribution is -2.29. The van der Waals surface area contributed by atoms with E-state index in [-0.39, 0.29) is 11.9 Å². The molecular formula is C22H18N2O2. The highest BCUT2D eigenvalue weighted by Crippen LogP contribution is 2.28. The number of carbonyl (C=O) groups excluding carboxylic acids is 1. The molecule has 2 aromatic heterocycles. The van der Waals surface area contributed by atoms with Crippen LogP contribution in [0.2, 0.25) is 0 Å². The highest BCUT2D eigenvalue weighted by Gasteiger charge is 2.21. The minimum atomic E-state index is -0.377. The molecule has 0 aliphatic heterocycles. The summed E-state index contributed by atoms with van der Waals surface area (Å²) in [7, 11) is 0. The summed E-state index contributed by atoms with van der Waals surface area (Å²) in [5.74, 6) is 0.512. The van der Waals surface area contributed by atoms with Crippen molar-refractivity contribution in [3.63, 3.8) is 0 Å². The van der Waals surface area contributed by atoms with Gasteiger partial charge in [0.2, 0.25) is 0 Å². The molecule has 0 saturated carbocycles. The lowest BCUT2D eigenvalue weighted by Gasteiger charge is -2.17. The highest BCUT2D eigenvalue weighted by molar-refractivity contribution is 5.94. The van der Waals surface area contributed by atoms with Gasteiger partial charge in [0, 0.05) is 17.3 Å². The van der Waals surface area contributed by atoms with Gasteiger partial charge in [-0.1, -0.05) is 48.5 Å². The van der Waals surface area contributed by atoms with Crippen LogP contribution in [0.3, 0.4) is 0 Å². The quantitative estimate of drug-likeness (QED) is 0.587. The molecule has 2 aromatic carbocycles. The van der Waals surface area contributed by atoms with Gasteiger partial charge >= 0.3 is 0 Å². The zero-order valence-electron chi connectivity index (χ0n) is 14.3. The number of aromatic nitrogens is 1. The van der Waals surface area contributed by atoms with Gasteiger partial charge in [-0.05, 0) is 36.8 Å². The van der Waals surface area contributed by atoms with E-state index in [9.17, 15) is 4.79 Å². The molecule has 1 atom stereocenters. The average Bonchev–Trinajstić information content (AvgIpc) is 3.11. The van der Waals surface area contributed by atoms with Crippen LogP contribution in [0.5, 0.6) is 0 Å². The summed E-state index contributed by atoms with van der Waals surface area (Å²) in [5, 5.41) is 4.08. The van der Waals surface area contributed by atoms with Crippen LogP contribution in [-0.2, 0) is 0 Å². The zero-order chi connectivity index (χ0) is 17.9. The van der Waals surface area contributed by atoms with Crippen molar-refractivity contribution in [2.75, 3.05) is 0 Å². The SMILES string of the molecule is Cc1ccc(C(=O)N[C@H](c2ccccc2)c2cc3ccccc3o2)cn1. The fourth-order valence-electron chi connectivity index (χ4n) is 2.93. The van der Waals surface area contributed by atoms with E-state index in [1.165, 1.54) is 0 Å². The maximum atomic E-state index is 12.7. The second kappa shape index (κ2) is 6.84. The largest absolute Gasteiger partial charge is 0.459 e. The van der Waals surface area contributed by atoms with E-state index in [1.807, 2.05) is 73.7 Å². The Morgan fingerprint density at radius 3 is 2.50 bits per heavy atom. The van der Waals surface area contributed by atoms with Gasteiger partial charge in [0.15, 0.2) is 0 Å². The van der Waals surface area contributed by atoms with Crippen LogP contribution in [0.25, 0.3) is 11.0 Å². The molecule has 4 aromatic rings. The molecule has 0 aliphatic rings. The number of nitrogens with zero attached hydrogens (tertiary/aromatic N) is 1. The van der Waals surface area contributed by atoms with Gasteiger partial charge in [-0.3, -0.25) is 9.78 Å². The van der Waals surface area contributed by atoms with Gasteiger partial charge in [-0.15, -0.1) is 0 Å². The van der Waals surface area contributed by atoms with Crippen LogP contribution >= 0.6 is 0 Å². The summed E-state index contributed by atoms with van der Waals surface area (Å²) in [4.78, 5) is 16.9. The first-order valence-corrected chi connectivity index (χ1v) is 8.47. The lowest BCUT2D eigenvalue weighted by molar-refractivity contribution is 0.0939. The summed E-state index contributed by atoms with van der Waals surface area (Å²) in [5.41, 5.74) is 3.15. The summed E-state index contributed by atoms with van der Waals surface area (Å²) in [6, 6.07) is 22.8. The fourth-order valence-corrected chi connectivity index (χ4v) is 2.93.